The summed E-state index contributed by atoms with van der Waals surface area (Å²) in [5.74, 6) is -0.395. The number of alkyl halides is 3. The smallest absolute Gasteiger partial charge is 0.406 e. The molecule has 0 N–H and O–H groups in total. The average molecular weight is 433 g/mol. The van der Waals surface area contributed by atoms with E-state index in [1.165, 1.54) is 46.0 Å². The van der Waals surface area contributed by atoms with Crippen LogP contribution in [0, 0.1) is 0 Å². The molecule has 0 aliphatic rings. The first-order valence-corrected chi connectivity index (χ1v) is 8.94. The van der Waals surface area contributed by atoms with E-state index in [2.05, 4.69) is 14.9 Å². The summed E-state index contributed by atoms with van der Waals surface area (Å²) in [7, 11) is 0. The second-order valence-corrected chi connectivity index (χ2v) is 6.56. The van der Waals surface area contributed by atoms with Gasteiger partial charge in [0.05, 0.1) is 23.3 Å². The number of hydrogen-bond donors (Lipinski definition) is 0. The van der Waals surface area contributed by atoms with Crippen LogP contribution in [0.25, 0.3) is 22.8 Å². The Morgan fingerprint density at radius 3 is 2.47 bits per heavy atom. The molecule has 0 aliphatic carbocycles. The lowest BCUT2D eigenvalue weighted by Gasteiger charge is -2.12. The minimum Gasteiger partial charge on any atom is -0.406 e. The molecule has 2 heterocycles. The van der Waals surface area contributed by atoms with Crippen molar-refractivity contribution in [2.75, 3.05) is 0 Å². The Balaban J connectivity index is 1.76. The highest BCUT2D eigenvalue weighted by molar-refractivity contribution is 6.30. The van der Waals surface area contributed by atoms with Gasteiger partial charge in [0.1, 0.15) is 5.75 Å². The van der Waals surface area contributed by atoms with Gasteiger partial charge in [-0.25, -0.2) is 9.36 Å². The van der Waals surface area contributed by atoms with Gasteiger partial charge in [0.25, 0.3) is 0 Å². The molecule has 4 rings (SSSR count). The highest BCUT2D eigenvalue weighted by Gasteiger charge is 2.31. The van der Waals surface area contributed by atoms with Crippen molar-refractivity contribution >= 4 is 11.6 Å². The molecule has 0 amide bonds. The largest absolute Gasteiger partial charge is 0.573 e. The molecular formula is C20H12ClF3N4O2. The molecule has 0 bridgehead atoms. The molecular weight excluding hydrogens is 421 g/mol. The fraction of sp³-hybridized carbons (Fsp3) is 0.0500. The Hall–Kier alpha value is -3.59. The summed E-state index contributed by atoms with van der Waals surface area (Å²) < 4.78 is 44.3. The summed E-state index contributed by atoms with van der Waals surface area (Å²) >= 11 is 5.92. The monoisotopic (exact) mass is 432 g/mol. The third-order valence-corrected chi connectivity index (χ3v) is 4.33. The van der Waals surface area contributed by atoms with Gasteiger partial charge in [-0.05, 0) is 42.5 Å². The number of rotatable bonds is 4. The van der Waals surface area contributed by atoms with Gasteiger partial charge in [0.2, 0.25) is 5.43 Å². The first-order valence-electron chi connectivity index (χ1n) is 8.57. The van der Waals surface area contributed by atoms with Gasteiger partial charge in [-0.3, -0.25) is 4.79 Å². The van der Waals surface area contributed by atoms with Gasteiger partial charge < -0.3 is 4.74 Å². The molecule has 10 heteroatoms. The Kier molecular flexibility index (Phi) is 5.04. The van der Waals surface area contributed by atoms with Gasteiger partial charge in [-0.1, -0.05) is 17.7 Å². The summed E-state index contributed by atoms with van der Waals surface area (Å²) in [6.07, 6.45) is -1.94. The van der Waals surface area contributed by atoms with Gasteiger partial charge in [0, 0.05) is 23.4 Å². The summed E-state index contributed by atoms with van der Waals surface area (Å²) in [4.78, 5) is 12.5. The molecule has 4 aromatic rings. The molecule has 2 aromatic heterocycles. The lowest BCUT2D eigenvalue weighted by Crippen LogP contribution is -2.17. The maximum atomic E-state index is 12.5. The zero-order chi connectivity index (χ0) is 21.3. The van der Waals surface area contributed by atoms with Crippen LogP contribution < -0.4 is 10.2 Å². The quantitative estimate of drug-likeness (QED) is 0.471. The van der Waals surface area contributed by atoms with Crippen LogP contribution in [0.5, 0.6) is 5.75 Å². The van der Waals surface area contributed by atoms with Crippen LogP contribution in [0.2, 0.25) is 5.02 Å². The van der Waals surface area contributed by atoms with Gasteiger partial charge in [-0.15, -0.1) is 13.2 Å². The Morgan fingerprint density at radius 1 is 0.967 bits per heavy atom. The van der Waals surface area contributed by atoms with E-state index >= 15 is 0 Å². The highest BCUT2D eigenvalue weighted by atomic mass is 35.5. The maximum absolute atomic E-state index is 12.5. The second kappa shape index (κ2) is 7.68. The van der Waals surface area contributed by atoms with E-state index in [1.807, 2.05) is 0 Å². The lowest BCUT2D eigenvalue weighted by molar-refractivity contribution is -0.274. The number of aromatic nitrogens is 4. The van der Waals surface area contributed by atoms with E-state index in [4.69, 9.17) is 11.6 Å². The van der Waals surface area contributed by atoms with Crippen LogP contribution in [-0.4, -0.2) is 25.9 Å². The zero-order valence-corrected chi connectivity index (χ0v) is 15.8. The summed E-state index contributed by atoms with van der Waals surface area (Å²) in [5, 5.41) is 9.09. The SMILES string of the molecule is O=c1ccn(-c2cccc(OC(F)(F)F)c2)nc1-c1ccnn1-c1ccc(Cl)cc1. The number of halogens is 4. The predicted octanol–water partition coefficient (Wildman–Crippen LogP) is 4.64. The van der Waals surface area contributed by atoms with Crippen LogP contribution >= 0.6 is 11.6 Å². The molecule has 30 heavy (non-hydrogen) atoms. The number of hydrogen-bond acceptors (Lipinski definition) is 4. The first-order chi connectivity index (χ1) is 14.3. The molecule has 0 radical (unpaired) electrons. The predicted molar refractivity (Wildman–Crippen MR) is 104 cm³/mol. The topological polar surface area (TPSA) is 61.9 Å². The molecule has 0 aliphatic heterocycles. The van der Waals surface area contributed by atoms with Crippen LogP contribution in [0.4, 0.5) is 13.2 Å². The van der Waals surface area contributed by atoms with Crippen molar-refractivity contribution in [2.24, 2.45) is 0 Å². The van der Waals surface area contributed by atoms with Crippen molar-refractivity contribution in [1.82, 2.24) is 19.6 Å². The molecule has 6 nitrogen and oxygen atoms in total. The number of benzene rings is 2. The molecule has 0 saturated carbocycles. The Morgan fingerprint density at radius 2 is 1.73 bits per heavy atom. The third-order valence-electron chi connectivity index (χ3n) is 4.08. The van der Waals surface area contributed by atoms with Crippen molar-refractivity contribution in [3.8, 4) is 28.5 Å². The summed E-state index contributed by atoms with van der Waals surface area (Å²) in [6, 6.07) is 15.0. The Labute approximate surface area is 172 Å². The molecule has 0 saturated heterocycles. The van der Waals surface area contributed by atoms with E-state index in [1.54, 1.807) is 36.4 Å². The van der Waals surface area contributed by atoms with Crippen LogP contribution in [0.3, 0.4) is 0 Å². The van der Waals surface area contributed by atoms with Crippen molar-refractivity contribution in [1.29, 1.82) is 0 Å². The maximum Gasteiger partial charge on any atom is 0.573 e. The minimum atomic E-state index is -4.81. The van der Waals surface area contributed by atoms with Crippen molar-refractivity contribution in [2.45, 2.75) is 6.36 Å². The Bertz CT molecular complexity index is 1250. The van der Waals surface area contributed by atoms with Crippen LogP contribution in [0.1, 0.15) is 0 Å². The molecule has 0 spiro atoms. The first kappa shape index (κ1) is 19.7. The van der Waals surface area contributed by atoms with Crippen LogP contribution in [-0.2, 0) is 0 Å². The van der Waals surface area contributed by atoms with Gasteiger partial charge in [-0.2, -0.15) is 10.2 Å². The standard InChI is InChI=1S/C20H12ClF3N4O2/c21-13-4-6-14(7-5-13)28-17(8-10-25-28)19-18(29)9-11-27(26-19)15-2-1-3-16(12-15)30-20(22,23)24/h1-12H. The van der Waals surface area contributed by atoms with E-state index in [-0.39, 0.29) is 16.8 Å². The molecule has 0 unspecified atom stereocenters. The second-order valence-electron chi connectivity index (χ2n) is 6.12. The highest BCUT2D eigenvalue weighted by Crippen LogP contribution is 2.25. The fourth-order valence-corrected chi connectivity index (χ4v) is 2.95. The lowest BCUT2D eigenvalue weighted by atomic mass is 10.2. The molecule has 2 aromatic carbocycles. The van der Waals surface area contributed by atoms with E-state index < -0.39 is 12.1 Å². The minimum absolute atomic E-state index is 0.0760. The zero-order valence-electron chi connectivity index (χ0n) is 15.0. The average Bonchev–Trinajstić information content (AvgIpc) is 3.17. The summed E-state index contributed by atoms with van der Waals surface area (Å²) in [5.41, 5.74) is 1.07. The summed E-state index contributed by atoms with van der Waals surface area (Å²) in [6.45, 7) is 0. The van der Waals surface area contributed by atoms with Crippen molar-refractivity contribution in [3.63, 3.8) is 0 Å². The van der Waals surface area contributed by atoms with E-state index in [0.717, 1.165) is 0 Å². The van der Waals surface area contributed by atoms with Gasteiger partial charge in [0.15, 0.2) is 5.69 Å². The van der Waals surface area contributed by atoms with Crippen LogP contribution in [0.15, 0.2) is 77.9 Å². The fourth-order valence-electron chi connectivity index (χ4n) is 2.82. The van der Waals surface area contributed by atoms with E-state index in [0.29, 0.717) is 16.4 Å². The van der Waals surface area contributed by atoms with Crippen molar-refractivity contribution in [3.05, 3.63) is 88.3 Å². The normalized spacial score (nSPS) is 11.5. The van der Waals surface area contributed by atoms with Crippen molar-refractivity contribution < 1.29 is 17.9 Å². The van der Waals surface area contributed by atoms with E-state index in [9.17, 15) is 18.0 Å². The molecule has 0 atom stereocenters. The van der Waals surface area contributed by atoms with Gasteiger partial charge >= 0.3 is 6.36 Å². The number of ether oxygens (including phenoxy) is 1. The molecule has 152 valence electrons. The number of nitrogens with zero attached hydrogens (tertiary/aromatic N) is 4. The third kappa shape index (κ3) is 4.20. The molecule has 0 fully saturated rings.